The minimum atomic E-state index is 0.133. The maximum Gasteiger partial charge on any atom is 0.174 e. The van der Waals surface area contributed by atoms with Gasteiger partial charge in [-0.15, -0.1) is 0 Å². The molecule has 5 nitrogen and oxygen atoms in total. The zero-order valence-corrected chi connectivity index (χ0v) is 12.0. The van der Waals surface area contributed by atoms with Crippen LogP contribution in [-0.2, 0) is 20.5 Å². The van der Waals surface area contributed by atoms with Crippen molar-refractivity contribution in [3.63, 3.8) is 0 Å². The number of aromatic nitrogens is 4. The molecule has 2 aromatic rings. The van der Waals surface area contributed by atoms with Crippen LogP contribution in [0, 0.1) is 6.92 Å². The molecule has 0 aliphatic rings. The van der Waals surface area contributed by atoms with Crippen molar-refractivity contribution >= 4 is 11.8 Å². The van der Waals surface area contributed by atoms with Gasteiger partial charge < -0.3 is 10.3 Å². The average Bonchev–Trinajstić information content (AvgIpc) is 2.77. The van der Waals surface area contributed by atoms with Gasteiger partial charge in [0.25, 0.3) is 0 Å². The molecule has 0 saturated carbocycles. The molecule has 0 aliphatic carbocycles. The van der Waals surface area contributed by atoms with Crippen molar-refractivity contribution in [2.24, 2.45) is 19.8 Å². The number of aryl methyl sites for hydroxylation is 3. The molecule has 2 N–H and O–H groups in total. The first-order valence-electron chi connectivity index (χ1n) is 5.92. The maximum absolute atomic E-state index is 5.91. The number of imidazole rings is 1. The van der Waals surface area contributed by atoms with Crippen LogP contribution in [0.1, 0.15) is 18.2 Å². The predicted octanol–water partition coefficient (Wildman–Crippen LogP) is 1.50. The number of hydrogen-bond acceptors (Lipinski definition) is 4. The van der Waals surface area contributed by atoms with Gasteiger partial charge in [0.1, 0.15) is 5.03 Å². The van der Waals surface area contributed by atoms with E-state index in [9.17, 15) is 0 Å². The van der Waals surface area contributed by atoms with Gasteiger partial charge in [-0.2, -0.15) is 5.10 Å². The van der Waals surface area contributed by atoms with E-state index in [1.807, 2.05) is 43.4 Å². The average molecular weight is 265 g/mol. The summed E-state index contributed by atoms with van der Waals surface area (Å²) in [4.78, 5) is 4.34. The summed E-state index contributed by atoms with van der Waals surface area (Å²) in [6, 6.07) is 0.133. The molecule has 0 radical (unpaired) electrons. The summed E-state index contributed by atoms with van der Waals surface area (Å²) in [7, 11) is 3.95. The van der Waals surface area contributed by atoms with Crippen LogP contribution in [0.15, 0.2) is 22.6 Å². The van der Waals surface area contributed by atoms with Crippen LogP contribution in [0.3, 0.4) is 0 Å². The standard InChI is InChI=1S/C12H19N5S/c1-8(13)7-10-9(2)15-17(4)11(10)18-12-14-5-6-16(12)3/h5-6,8H,7,13H2,1-4H3. The van der Waals surface area contributed by atoms with Crippen molar-refractivity contribution in [3.05, 3.63) is 23.7 Å². The highest BCUT2D eigenvalue weighted by Crippen LogP contribution is 2.30. The molecule has 0 fully saturated rings. The molecule has 2 rings (SSSR count). The first kappa shape index (κ1) is 13.2. The third-order valence-electron chi connectivity index (χ3n) is 2.78. The zero-order valence-electron chi connectivity index (χ0n) is 11.2. The number of nitrogens with zero attached hydrogens (tertiary/aromatic N) is 4. The van der Waals surface area contributed by atoms with Gasteiger partial charge in [-0.05, 0) is 32.0 Å². The third-order valence-corrected chi connectivity index (χ3v) is 4.06. The Balaban J connectivity index is 2.34. The van der Waals surface area contributed by atoms with E-state index in [0.29, 0.717) is 0 Å². The van der Waals surface area contributed by atoms with Crippen LogP contribution in [0.2, 0.25) is 0 Å². The smallest absolute Gasteiger partial charge is 0.174 e. The van der Waals surface area contributed by atoms with E-state index in [1.54, 1.807) is 18.0 Å². The second kappa shape index (κ2) is 5.16. The van der Waals surface area contributed by atoms with E-state index >= 15 is 0 Å². The van der Waals surface area contributed by atoms with E-state index in [1.165, 1.54) is 5.56 Å². The van der Waals surface area contributed by atoms with E-state index in [-0.39, 0.29) is 6.04 Å². The Morgan fingerprint density at radius 3 is 2.72 bits per heavy atom. The maximum atomic E-state index is 5.91. The molecule has 98 valence electrons. The summed E-state index contributed by atoms with van der Waals surface area (Å²) in [6.45, 7) is 4.04. The minimum Gasteiger partial charge on any atom is -0.329 e. The van der Waals surface area contributed by atoms with Crippen LogP contribution < -0.4 is 5.73 Å². The lowest BCUT2D eigenvalue weighted by molar-refractivity contribution is 0.674. The normalized spacial score (nSPS) is 12.9. The largest absolute Gasteiger partial charge is 0.329 e. The molecule has 2 aromatic heterocycles. The molecule has 1 unspecified atom stereocenters. The summed E-state index contributed by atoms with van der Waals surface area (Å²) in [6.07, 6.45) is 4.58. The fourth-order valence-electron chi connectivity index (χ4n) is 1.90. The monoisotopic (exact) mass is 265 g/mol. The van der Waals surface area contributed by atoms with Crippen LogP contribution in [0.4, 0.5) is 0 Å². The lowest BCUT2D eigenvalue weighted by Gasteiger charge is -2.08. The molecule has 2 heterocycles. The topological polar surface area (TPSA) is 61.7 Å². The number of hydrogen-bond donors (Lipinski definition) is 1. The summed E-state index contributed by atoms with van der Waals surface area (Å²) >= 11 is 1.63. The van der Waals surface area contributed by atoms with Gasteiger partial charge in [-0.1, -0.05) is 0 Å². The fourth-order valence-corrected chi connectivity index (χ4v) is 2.92. The zero-order chi connectivity index (χ0) is 13.3. The van der Waals surface area contributed by atoms with Gasteiger partial charge in [0.15, 0.2) is 5.16 Å². The Morgan fingerprint density at radius 1 is 1.44 bits per heavy atom. The Bertz CT molecular complexity index is 541. The SMILES string of the molecule is Cc1nn(C)c(Sc2nccn2C)c1CC(C)N. The Kier molecular flexibility index (Phi) is 3.77. The van der Waals surface area contributed by atoms with Crippen molar-refractivity contribution in [1.82, 2.24) is 19.3 Å². The van der Waals surface area contributed by atoms with Crippen LogP contribution in [-0.4, -0.2) is 25.4 Å². The van der Waals surface area contributed by atoms with Crippen LogP contribution in [0.25, 0.3) is 0 Å². The van der Waals surface area contributed by atoms with E-state index in [2.05, 4.69) is 10.1 Å². The van der Waals surface area contributed by atoms with Crippen LogP contribution in [0.5, 0.6) is 0 Å². The highest BCUT2D eigenvalue weighted by molar-refractivity contribution is 7.99. The van der Waals surface area contributed by atoms with Crippen molar-refractivity contribution in [2.45, 2.75) is 36.5 Å². The Hall–Kier alpha value is -1.27. The van der Waals surface area contributed by atoms with Crippen molar-refractivity contribution in [2.75, 3.05) is 0 Å². The number of nitrogens with two attached hydrogens (primary N) is 1. The van der Waals surface area contributed by atoms with E-state index in [0.717, 1.165) is 22.3 Å². The van der Waals surface area contributed by atoms with Gasteiger partial charge in [0.05, 0.1) is 5.69 Å². The first-order chi connectivity index (χ1) is 8.49. The van der Waals surface area contributed by atoms with Crippen molar-refractivity contribution < 1.29 is 0 Å². The van der Waals surface area contributed by atoms with Crippen LogP contribution >= 0.6 is 11.8 Å². The molecule has 0 spiro atoms. The molecular formula is C12H19N5S. The molecule has 0 aromatic carbocycles. The highest BCUT2D eigenvalue weighted by atomic mass is 32.2. The van der Waals surface area contributed by atoms with E-state index in [4.69, 9.17) is 5.73 Å². The fraction of sp³-hybridized carbons (Fsp3) is 0.500. The minimum absolute atomic E-state index is 0.133. The Morgan fingerprint density at radius 2 is 2.17 bits per heavy atom. The summed E-state index contributed by atoms with van der Waals surface area (Å²) in [5, 5.41) is 6.56. The van der Waals surface area contributed by atoms with Gasteiger partial charge in [0.2, 0.25) is 0 Å². The predicted molar refractivity (Wildman–Crippen MR) is 72.6 cm³/mol. The van der Waals surface area contributed by atoms with Gasteiger partial charge in [-0.3, -0.25) is 4.68 Å². The lowest BCUT2D eigenvalue weighted by Crippen LogP contribution is -2.18. The Labute approximate surface area is 111 Å². The summed E-state index contributed by atoms with van der Waals surface area (Å²) in [5.41, 5.74) is 8.18. The van der Waals surface area contributed by atoms with Gasteiger partial charge in [0, 0.05) is 38.1 Å². The van der Waals surface area contributed by atoms with Crippen molar-refractivity contribution in [1.29, 1.82) is 0 Å². The van der Waals surface area contributed by atoms with Gasteiger partial charge >= 0.3 is 0 Å². The molecule has 0 aliphatic heterocycles. The molecule has 0 amide bonds. The second-order valence-corrected chi connectivity index (χ2v) is 5.55. The van der Waals surface area contributed by atoms with E-state index < -0.39 is 0 Å². The van der Waals surface area contributed by atoms with Crippen molar-refractivity contribution in [3.8, 4) is 0 Å². The van der Waals surface area contributed by atoms with Gasteiger partial charge in [-0.25, -0.2) is 4.98 Å². The lowest BCUT2D eigenvalue weighted by atomic mass is 10.1. The molecule has 0 saturated heterocycles. The first-order valence-corrected chi connectivity index (χ1v) is 6.74. The molecular weight excluding hydrogens is 246 g/mol. The molecule has 18 heavy (non-hydrogen) atoms. The summed E-state index contributed by atoms with van der Waals surface area (Å²) < 4.78 is 3.91. The third kappa shape index (κ3) is 2.59. The summed E-state index contributed by atoms with van der Waals surface area (Å²) in [5.74, 6) is 0. The number of rotatable bonds is 4. The molecule has 6 heteroatoms. The molecule has 1 atom stereocenters. The molecule has 0 bridgehead atoms. The quantitative estimate of drug-likeness (QED) is 0.910. The second-order valence-electron chi connectivity index (χ2n) is 4.60. The highest BCUT2D eigenvalue weighted by Gasteiger charge is 2.17.